The Labute approximate surface area is 369 Å². The summed E-state index contributed by atoms with van der Waals surface area (Å²) >= 11 is 0. The monoisotopic (exact) mass is 801 g/mol. The summed E-state index contributed by atoms with van der Waals surface area (Å²) in [5.74, 6) is 0. The third-order valence-corrected chi connectivity index (χ3v) is 12.3. The van der Waals surface area contributed by atoms with E-state index < -0.39 is 0 Å². The summed E-state index contributed by atoms with van der Waals surface area (Å²) < 4.78 is 0. The van der Waals surface area contributed by atoms with Crippen LogP contribution in [0, 0.1) is 0 Å². The van der Waals surface area contributed by atoms with Crippen molar-refractivity contribution in [2.45, 2.75) is 0 Å². The van der Waals surface area contributed by atoms with Gasteiger partial charge in [0.1, 0.15) is 0 Å². The fourth-order valence-electron chi connectivity index (χ4n) is 9.25. The van der Waals surface area contributed by atoms with Crippen molar-refractivity contribution in [2.24, 2.45) is 0 Å². The maximum Gasteiger partial charge on any atom is 0.0540 e. The Morgan fingerprint density at radius 2 is 0.587 bits per heavy atom. The van der Waals surface area contributed by atoms with Crippen molar-refractivity contribution < 1.29 is 0 Å². The minimum Gasteiger partial charge on any atom is -0.310 e. The zero-order chi connectivity index (χ0) is 42.0. The molecular weight excluding hydrogens is 759 g/mol. The molecule has 0 unspecified atom stereocenters. The van der Waals surface area contributed by atoms with Gasteiger partial charge in [-0.05, 0) is 119 Å². The summed E-state index contributed by atoms with van der Waals surface area (Å²) in [4.78, 5) is 2.39. The molecule has 0 radical (unpaired) electrons. The Bertz CT molecular complexity index is 3370. The van der Waals surface area contributed by atoms with Crippen molar-refractivity contribution in [3.8, 4) is 66.8 Å². The molecule has 11 aromatic rings. The number of nitrogens with zero attached hydrogens (tertiary/aromatic N) is 1. The zero-order valence-corrected chi connectivity index (χ0v) is 34.8. The second kappa shape index (κ2) is 16.7. The number of hydrogen-bond donors (Lipinski definition) is 0. The van der Waals surface area contributed by atoms with E-state index >= 15 is 0 Å². The molecule has 0 amide bonds. The van der Waals surface area contributed by atoms with Crippen LogP contribution in [0.4, 0.5) is 17.1 Å². The summed E-state index contributed by atoms with van der Waals surface area (Å²) in [6.45, 7) is 0. The Kier molecular flexibility index (Phi) is 9.97. The number of fused-ring (bicyclic) bond motifs is 3. The van der Waals surface area contributed by atoms with E-state index in [4.69, 9.17) is 0 Å². The first-order valence-electron chi connectivity index (χ1n) is 21.7. The van der Waals surface area contributed by atoms with Crippen LogP contribution in [-0.4, -0.2) is 0 Å². The number of para-hydroxylation sites is 1. The van der Waals surface area contributed by atoms with E-state index in [-0.39, 0.29) is 0 Å². The van der Waals surface area contributed by atoms with E-state index in [1.54, 1.807) is 0 Å². The third kappa shape index (κ3) is 7.26. The molecule has 0 N–H and O–H groups in total. The number of anilines is 3. The average Bonchev–Trinajstić information content (AvgIpc) is 3.37. The molecule has 0 aliphatic carbocycles. The van der Waals surface area contributed by atoms with Crippen LogP contribution in [0.3, 0.4) is 0 Å². The molecule has 11 aromatic carbocycles. The minimum atomic E-state index is 1.09. The lowest BCUT2D eigenvalue weighted by atomic mass is 9.87. The standard InChI is InChI=1S/C62H43N/c1-3-17-45(18-4-1)54-23-9-11-26-58(54)60-28-13-14-29-61(60)59-27-12-10-24-55(59)48-35-40-52(41-36-48)63(62-30-16-15-25-57(62)46-19-5-2-6-20-46)51-38-33-44(34-39-51)49-37-42-56-50(43-49)32-31-47-21-7-8-22-53(47)56/h1-43H. The zero-order valence-electron chi connectivity index (χ0n) is 34.8. The Morgan fingerprint density at radius 3 is 1.17 bits per heavy atom. The first-order valence-corrected chi connectivity index (χ1v) is 21.7. The maximum absolute atomic E-state index is 2.39. The van der Waals surface area contributed by atoms with Gasteiger partial charge >= 0.3 is 0 Å². The summed E-state index contributed by atoms with van der Waals surface area (Å²) in [6, 6.07) is 94.5. The van der Waals surface area contributed by atoms with Crippen LogP contribution in [-0.2, 0) is 0 Å². The van der Waals surface area contributed by atoms with E-state index in [0.29, 0.717) is 0 Å². The van der Waals surface area contributed by atoms with Gasteiger partial charge in [0.25, 0.3) is 0 Å². The topological polar surface area (TPSA) is 3.24 Å². The minimum absolute atomic E-state index is 1.09. The van der Waals surface area contributed by atoms with Gasteiger partial charge in [-0.25, -0.2) is 0 Å². The molecule has 0 spiro atoms. The summed E-state index contributed by atoms with van der Waals surface area (Å²) in [7, 11) is 0. The SMILES string of the molecule is c1ccc(-c2ccccc2-c2ccccc2-c2ccccc2-c2ccc(N(c3ccc(-c4ccc5c(ccc6ccccc65)c4)cc3)c3ccccc3-c3ccccc3)cc2)cc1. The number of rotatable bonds is 9. The molecule has 0 bridgehead atoms. The number of hydrogen-bond acceptors (Lipinski definition) is 1. The van der Waals surface area contributed by atoms with E-state index in [2.05, 4.69) is 266 Å². The van der Waals surface area contributed by atoms with Crippen molar-refractivity contribution in [3.63, 3.8) is 0 Å². The van der Waals surface area contributed by atoms with Crippen molar-refractivity contribution in [3.05, 3.63) is 261 Å². The molecule has 1 heteroatoms. The molecule has 0 aromatic heterocycles. The summed E-state index contributed by atoms with van der Waals surface area (Å²) in [5, 5.41) is 5.08. The van der Waals surface area contributed by atoms with Crippen LogP contribution in [0.15, 0.2) is 261 Å². The molecule has 0 saturated heterocycles. The quantitative estimate of drug-likeness (QED) is 0.131. The van der Waals surface area contributed by atoms with Crippen LogP contribution >= 0.6 is 0 Å². The van der Waals surface area contributed by atoms with Gasteiger partial charge in [-0.2, -0.15) is 0 Å². The molecule has 0 heterocycles. The van der Waals surface area contributed by atoms with Gasteiger partial charge < -0.3 is 4.90 Å². The fraction of sp³-hybridized carbons (Fsp3) is 0. The first kappa shape index (κ1) is 37.7. The lowest BCUT2D eigenvalue weighted by Crippen LogP contribution is -2.11. The van der Waals surface area contributed by atoms with Crippen molar-refractivity contribution in [1.82, 2.24) is 0 Å². The summed E-state index contributed by atoms with van der Waals surface area (Å²) in [5.41, 5.74) is 17.7. The molecular formula is C62H43N. The number of benzene rings is 11. The molecule has 0 aliphatic heterocycles. The van der Waals surface area contributed by atoms with E-state index in [0.717, 1.165) is 22.6 Å². The van der Waals surface area contributed by atoms with Crippen molar-refractivity contribution >= 4 is 38.6 Å². The van der Waals surface area contributed by atoms with Crippen LogP contribution in [0.1, 0.15) is 0 Å². The molecule has 296 valence electrons. The van der Waals surface area contributed by atoms with Gasteiger partial charge in [0.05, 0.1) is 5.69 Å². The largest absolute Gasteiger partial charge is 0.310 e. The van der Waals surface area contributed by atoms with Crippen LogP contribution in [0.2, 0.25) is 0 Å². The van der Waals surface area contributed by atoms with Crippen LogP contribution < -0.4 is 4.90 Å². The molecule has 0 saturated carbocycles. The molecule has 0 aliphatic rings. The third-order valence-electron chi connectivity index (χ3n) is 12.3. The molecule has 0 fully saturated rings. The van der Waals surface area contributed by atoms with E-state index in [1.165, 1.54) is 82.7 Å². The average molecular weight is 802 g/mol. The first-order chi connectivity index (χ1) is 31.3. The maximum atomic E-state index is 2.39. The molecule has 0 atom stereocenters. The smallest absolute Gasteiger partial charge is 0.0540 e. The highest BCUT2D eigenvalue weighted by atomic mass is 15.1. The molecule has 11 rings (SSSR count). The lowest BCUT2D eigenvalue weighted by Gasteiger charge is -2.28. The second-order valence-corrected chi connectivity index (χ2v) is 16.0. The lowest BCUT2D eigenvalue weighted by molar-refractivity contribution is 1.28. The Balaban J connectivity index is 0.988. The van der Waals surface area contributed by atoms with Crippen molar-refractivity contribution in [1.29, 1.82) is 0 Å². The van der Waals surface area contributed by atoms with Gasteiger partial charge in [0.2, 0.25) is 0 Å². The highest BCUT2D eigenvalue weighted by molar-refractivity contribution is 6.08. The Morgan fingerprint density at radius 1 is 0.206 bits per heavy atom. The highest BCUT2D eigenvalue weighted by Gasteiger charge is 2.19. The van der Waals surface area contributed by atoms with Gasteiger partial charge in [-0.3, -0.25) is 0 Å². The van der Waals surface area contributed by atoms with Crippen molar-refractivity contribution in [2.75, 3.05) is 4.90 Å². The second-order valence-electron chi connectivity index (χ2n) is 16.0. The van der Waals surface area contributed by atoms with Gasteiger partial charge in [0.15, 0.2) is 0 Å². The van der Waals surface area contributed by atoms with Gasteiger partial charge in [-0.1, -0.05) is 224 Å². The van der Waals surface area contributed by atoms with E-state index in [9.17, 15) is 0 Å². The molecule has 63 heavy (non-hydrogen) atoms. The summed E-state index contributed by atoms with van der Waals surface area (Å²) in [6.07, 6.45) is 0. The Hall–Kier alpha value is -8.26. The van der Waals surface area contributed by atoms with Gasteiger partial charge in [0, 0.05) is 16.9 Å². The van der Waals surface area contributed by atoms with Crippen LogP contribution in [0.25, 0.3) is 88.3 Å². The normalized spacial score (nSPS) is 11.2. The van der Waals surface area contributed by atoms with E-state index in [1.807, 2.05) is 0 Å². The van der Waals surface area contributed by atoms with Crippen LogP contribution in [0.5, 0.6) is 0 Å². The molecule has 1 nitrogen and oxygen atoms in total. The highest BCUT2D eigenvalue weighted by Crippen LogP contribution is 2.44. The predicted octanol–water partition coefficient (Wildman–Crippen LogP) is 17.5. The fourth-order valence-corrected chi connectivity index (χ4v) is 9.25. The van der Waals surface area contributed by atoms with Gasteiger partial charge in [-0.15, -0.1) is 0 Å². The predicted molar refractivity (Wildman–Crippen MR) is 269 cm³/mol.